The normalized spacial score (nSPS) is 13.6. The summed E-state index contributed by atoms with van der Waals surface area (Å²) in [5.74, 6) is 0. The molecule has 0 saturated heterocycles. The Kier molecular flexibility index (Phi) is 2.50. The molecular weight excluding hydrogens is 212 g/mol. The quantitative estimate of drug-likeness (QED) is 0.773. The van der Waals surface area contributed by atoms with Gasteiger partial charge in [0.1, 0.15) is 0 Å². The van der Waals surface area contributed by atoms with Gasteiger partial charge in [0.15, 0.2) is 0 Å². The Hall–Kier alpha value is 0.140. The first-order valence-electron chi connectivity index (χ1n) is 3.05. The van der Waals surface area contributed by atoms with Crippen molar-refractivity contribution in [1.29, 1.82) is 0 Å². The average molecular weight is 221 g/mol. The van der Waals surface area contributed by atoms with Crippen LogP contribution in [0.4, 0.5) is 0 Å². The lowest BCUT2D eigenvalue weighted by molar-refractivity contribution is 0.199. The van der Waals surface area contributed by atoms with Crippen LogP contribution in [0.1, 0.15) is 23.5 Å². The van der Waals surface area contributed by atoms with Crippen LogP contribution in [0.15, 0.2) is 9.85 Å². The fourth-order valence-electron chi connectivity index (χ4n) is 0.873. The number of rotatable bonds is 1. The molecule has 0 aromatic carbocycles. The van der Waals surface area contributed by atoms with Crippen LogP contribution in [-0.4, -0.2) is 5.11 Å². The second-order valence-electron chi connectivity index (χ2n) is 2.24. The third-order valence-electron chi connectivity index (χ3n) is 1.38. The molecule has 1 nitrogen and oxygen atoms in total. The van der Waals surface area contributed by atoms with Crippen molar-refractivity contribution in [1.82, 2.24) is 0 Å². The van der Waals surface area contributed by atoms with Gasteiger partial charge < -0.3 is 5.11 Å². The second kappa shape index (κ2) is 3.03. The fourth-order valence-corrected chi connectivity index (χ4v) is 2.67. The highest BCUT2D eigenvalue weighted by molar-refractivity contribution is 9.11. The van der Waals surface area contributed by atoms with Crippen molar-refractivity contribution in [2.24, 2.45) is 0 Å². The smallest absolute Gasteiger partial charge is 0.0772 e. The molecule has 0 fully saturated rings. The Labute approximate surface area is 72.8 Å². The van der Waals surface area contributed by atoms with Crippen molar-refractivity contribution in [2.75, 3.05) is 0 Å². The molecule has 1 N–H and O–H groups in total. The van der Waals surface area contributed by atoms with Gasteiger partial charge in [0.2, 0.25) is 0 Å². The summed E-state index contributed by atoms with van der Waals surface area (Å²) < 4.78 is 1.08. The molecule has 0 unspecified atom stereocenters. The SMILES string of the molecule is Cc1sc(Br)cc1[C@@H](C)O. The molecule has 1 rings (SSSR count). The number of thiophene rings is 1. The van der Waals surface area contributed by atoms with E-state index in [9.17, 15) is 5.11 Å². The van der Waals surface area contributed by atoms with E-state index in [0.717, 1.165) is 9.35 Å². The van der Waals surface area contributed by atoms with Crippen LogP contribution in [0.25, 0.3) is 0 Å². The lowest BCUT2D eigenvalue weighted by Crippen LogP contribution is -1.88. The number of hydrogen-bond acceptors (Lipinski definition) is 2. The van der Waals surface area contributed by atoms with E-state index in [-0.39, 0.29) is 6.10 Å². The summed E-state index contributed by atoms with van der Waals surface area (Å²) in [7, 11) is 0. The predicted molar refractivity (Wildman–Crippen MR) is 47.4 cm³/mol. The highest BCUT2D eigenvalue weighted by Gasteiger charge is 2.07. The van der Waals surface area contributed by atoms with Gasteiger partial charge in [-0.3, -0.25) is 0 Å². The minimum Gasteiger partial charge on any atom is -0.389 e. The number of aliphatic hydroxyl groups is 1. The standard InChI is InChI=1S/C7H9BrOS/c1-4(9)6-3-7(8)10-5(6)2/h3-4,9H,1-2H3/t4-/m1/s1. The highest BCUT2D eigenvalue weighted by atomic mass is 79.9. The molecule has 0 bridgehead atoms. The van der Waals surface area contributed by atoms with E-state index in [1.807, 2.05) is 13.0 Å². The van der Waals surface area contributed by atoms with Gasteiger partial charge in [-0.15, -0.1) is 11.3 Å². The molecular formula is C7H9BrOS. The number of aryl methyl sites for hydroxylation is 1. The number of halogens is 1. The van der Waals surface area contributed by atoms with E-state index >= 15 is 0 Å². The van der Waals surface area contributed by atoms with Crippen molar-refractivity contribution >= 4 is 27.3 Å². The molecule has 10 heavy (non-hydrogen) atoms. The van der Waals surface area contributed by atoms with Crippen molar-refractivity contribution in [3.05, 3.63) is 20.3 Å². The number of aliphatic hydroxyl groups excluding tert-OH is 1. The van der Waals surface area contributed by atoms with E-state index in [1.54, 1.807) is 18.3 Å². The first-order chi connectivity index (χ1) is 4.61. The molecule has 0 aliphatic rings. The zero-order chi connectivity index (χ0) is 7.72. The van der Waals surface area contributed by atoms with Gasteiger partial charge in [-0.25, -0.2) is 0 Å². The first-order valence-corrected chi connectivity index (χ1v) is 4.66. The molecule has 1 atom stereocenters. The van der Waals surface area contributed by atoms with Crippen LogP contribution >= 0.6 is 27.3 Å². The molecule has 56 valence electrons. The van der Waals surface area contributed by atoms with E-state index in [4.69, 9.17) is 0 Å². The van der Waals surface area contributed by atoms with E-state index < -0.39 is 0 Å². The molecule has 0 aliphatic heterocycles. The predicted octanol–water partition coefficient (Wildman–Crippen LogP) is 2.87. The van der Waals surface area contributed by atoms with E-state index in [0.29, 0.717) is 0 Å². The van der Waals surface area contributed by atoms with Gasteiger partial charge >= 0.3 is 0 Å². The van der Waals surface area contributed by atoms with Crippen LogP contribution in [-0.2, 0) is 0 Å². The van der Waals surface area contributed by atoms with Gasteiger partial charge in [0.05, 0.1) is 9.89 Å². The van der Waals surface area contributed by atoms with Crippen molar-refractivity contribution in [3.63, 3.8) is 0 Å². The molecule has 1 aromatic heterocycles. The van der Waals surface area contributed by atoms with Crippen molar-refractivity contribution in [3.8, 4) is 0 Å². The Morgan fingerprint density at radius 3 is 2.50 bits per heavy atom. The second-order valence-corrected chi connectivity index (χ2v) is 4.87. The molecule has 0 amide bonds. The van der Waals surface area contributed by atoms with Crippen molar-refractivity contribution < 1.29 is 5.11 Å². The van der Waals surface area contributed by atoms with Crippen LogP contribution in [0.5, 0.6) is 0 Å². The molecule has 1 aromatic rings. The van der Waals surface area contributed by atoms with Gasteiger partial charge in [-0.1, -0.05) is 0 Å². The zero-order valence-electron chi connectivity index (χ0n) is 5.89. The fraction of sp³-hybridized carbons (Fsp3) is 0.429. The molecule has 0 spiro atoms. The Bertz CT molecular complexity index is 230. The summed E-state index contributed by atoms with van der Waals surface area (Å²) in [6.07, 6.45) is -0.345. The minimum absolute atomic E-state index is 0.345. The van der Waals surface area contributed by atoms with Crippen LogP contribution < -0.4 is 0 Å². The summed E-state index contributed by atoms with van der Waals surface area (Å²) in [4.78, 5) is 1.18. The monoisotopic (exact) mass is 220 g/mol. The average Bonchev–Trinajstić information content (AvgIpc) is 2.10. The Morgan fingerprint density at radius 2 is 2.30 bits per heavy atom. The summed E-state index contributed by atoms with van der Waals surface area (Å²) in [6, 6.07) is 1.96. The van der Waals surface area contributed by atoms with Crippen LogP contribution in [0.2, 0.25) is 0 Å². The summed E-state index contributed by atoms with van der Waals surface area (Å²) in [5.41, 5.74) is 1.02. The van der Waals surface area contributed by atoms with E-state index in [2.05, 4.69) is 15.9 Å². The minimum atomic E-state index is -0.345. The molecule has 1 heterocycles. The van der Waals surface area contributed by atoms with Gasteiger partial charge in [0, 0.05) is 4.88 Å². The topological polar surface area (TPSA) is 20.2 Å². The van der Waals surface area contributed by atoms with Crippen LogP contribution in [0.3, 0.4) is 0 Å². The molecule has 3 heteroatoms. The van der Waals surface area contributed by atoms with Gasteiger partial charge in [0.25, 0.3) is 0 Å². The Balaban J connectivity index is 3.03. The third kappa shape index (κ3) is 1.59. The molecule has 0 radical (unpaired) electrons. The van der Waals surface area contributed by atoms with E-state index in [1.165, 1.54) is 4.88 Å². The third-order valence-corrected chi connectivity index (χ3v) is 2.95. The Morgan fingerprint density at radius 1 is 1.70 bits per heavy atom. The largest absolute Gasteiger partial charge is 0.389 e. The van der Waals surface area contributed by atoms with Crippen LogP contribution in [0, 0.1) is 6.92 Å². The van der Waals surface area contributed by atoms with Crippen molar-refractivity contribution in [2.45, 2.75) is 20.0 Å². The van der Waals surface area contributed by atoms with Gasteiger partial charge in [-0.05, 0) is 41.4 Å². The van der Waals surface area contributed by atoms with Gasteiger partial charge in [-0.2, -0.15) is 0 Å². The lowest BCUT2D eigenvalue weighted by Gasteiger charge is -2.00. The molecule has 0 aliphatic carbocycles. The number of hydrogen-bond donors (Lipinski definition) is 1. The maximum Gasteiger partial charge on any atom is 0.0772 e. The first kappa shape index (κ1) is 8.24. The maximum atomic E-state index is 9.20. The maximum absolute atomic E-state index is 9.20. The molecule has 0 saturated carbocycles. The summed E-state index contributed by atoms with van der Waals surface area (Å²) in [5, 5.41) is 9.20. The zero-order valence-corrected chi connectivity index (χ0v) is 8.29. The summed E-state index contributed by atoms with van der Waals surface area (Å²) >= 11 is 5.01. The highest BCUT2D eigenvalue weighted by Crippen LogP contribution is 2.29. The lowest BCUT2D eigenvalue weighted by atomic mass is 10.2. The summed E-state index contributed by atoms with van der Waals surface area (Å²) in [6.45, 7) is 3.79.